The van der Waals surface area contributed by atoms with E-state index in [1.54, 1.807) is 24.1 Å². The summed E-state index contributed by atoms with van der Waals surface area (Å²) in [5, 5.41) is 4.07. The maximum absolute atomic E-state index is 5.53. The van der Waals surface area contributed by atoms with Crippen LogP contribution in [0.4, 0.5) is 0 Å². The summed E-state index contributed by atoms with van der Waals surface area (Å²) in [4.78, 5) is 4.37. The van der Waals surface area contributed by atoms with Gasteiger partial charge < -0.3 is 4.74 Å². The first-order valence-corrected chi connectivity index (χ1v) is 4.56. The molecule has 0 aromatic carbocycles. The Labute approximate surface area is 89.3 Å². The van der Waals surface area contributed by atoms with Gasteiger partial charge in [0.05, 0.1) is 12.3 Å². The number of pyridine rings is 1. The number of ether oxygens (including phenoxy) is 1. The van der Waals surface area contributed by atoms with Gasteiger partial charge in [-0.2, -0.15) is 5.10 Å². The Morgan fingerprint density at radius 2 is 2.27 bits per heavy atom. The van der Waals surface area contributed by atoms with Gasteiger partial charge in [-0.3, -0.25) is 0 Å². The van der Waals surface area contributed by atoms with Crippen molar-refractivity contribution in [3.63, 3.8) is 0 Å². The summed E-state index contributed by atoms with van der Waals surface area (Å²) in [5.41, 5.74) is 1.35. The molecule has 5 heteroatoms. The molecule has 74 valence electrons. The number of hydrogen-bond donors (Lipinski definition) is 0. The van der Waals surface area contributed by atoms with Gasteiger partial charge in [0.15, 0.2) is 5.82 Å². The molecule has 0 saturated heterocycles. The summed E-state index contributed by atoms with van der Waals surface area (Å²) in [5.74, 6) is 0.737. The van der Waals surface area contributed by atoms with Crippen molar-refractivity contribution >= 4 is 13.4 Å². The van der Waals surface area contributed by atoms with E-state index < -0.39 is 0 Å². The monoisotopic (exact) mass is 199 g/mol. The third-order valence-corrected chi connectivity index (χ3v) is 1.93. The van der Waals surface area contributed by atoms with Crippen molar-refractivity contribution in [1.82, 2.24) is 14.8 Å². The van der Waals surface area contributed by atoms with Gasteiger partial charge in [0.25, 0.3) is 0 Å². The SMILES string of the molecule is [B]c1ccn(-c2cccc(COC)n2)n1. The highest BCUT2D eigenvalue weighted by molar-refractivity contribution is 6.30. The van der Waals surface area contributed by atoms with Crippen molar-refractivity contribution in [2.75, 3.05) is 7.11 Å². The van der Waals surface area contributed by atoms with Crippen molar-refractivity contribution in [2.45, 2.75) is 6.61 Å². The smallest absolute Gasteiger partial charge is 0.153 e. The van der Waals surface area contributed by atoms with Crippen LogP contribution in [0.3, 0.4) is 0 Å². The Bertz CT molecular complexity index is 455. The van der Waals surface area contributed by atoms with Crippen molar-refractivity contribution in [1.29, 1.82) is 0 Å². The minimum absolute atomic E-state index is 0.481. The van der Waals surface area contributed by atoms with E-state index in [9.17, 15) is 0 Å². The second kappa shape index (κ2) is 4.27. The molecule has 0 saturated carbocycles. The van der Waals surface area contributed by atoms with Gasteiger partial charge >= 0.3 is 0 Å². The molecule has 2 aromatic heterocycles. The van der Waals surface area contributed by atoms with Crippen LogP contribution in [-0.4, -0.2) is 29.7 Å². The van der Waals surface area contributed by atoms with Gasteiger partial charge in [0, 0.05) is 18.9 Å². The van der Waals surface area contributed by atoms with E-state index in [4.69, 9.17) is 12.6 Å². The number of nitrogens with zero attached hydrogens (tertiary/aromatic N) is 3. The van der Waals surface area contributed by atoms with Crippen LogP contribution in [0.15, 0.2) is 30.5 Å². The summed E-state index contributed by atoms with van der Waals surface area (Å²) in [6, 6.07) is 7.41. The van der Waals surface area contributed by atoms with Crippen LogP contribution < -0.4 is 5.59 Å². The molecule has 0 amide bonds. The molecule has 2 heterocycles. The summed E-state index contributed by atoms with van der Waals surface area (Å²) in [6.07, 6.45) is 1.77. The number of methoxy groups -OCH3 is 1. The molecule has 0 bridgehead atoms. The lowest BCUT2D eigenvalue weighted by Gasteiger charge is -2.03. The lowest BCUT2D eigenvalue weighted by Crippen LogP contribution is -2.08. The normalized spacial score (nSPS) is 10.5. The lowest BCUT2D eigenvalue weighted by molar-refractivity contribution is 0.181. The Hall–Kier alpha value is -1.62. The van der Waals surface area contributed by atoms with Crippen molar-refractivity contribution in [3.8, 4) is 5.82 Å². The molecule has 0 aliphatic rings. The Morgan fingerprint density at radius 1 is 1.40 bits per heavy atom. The average Bonchev–Trinajstić information content (AvgIpc) is 2.66. The molecular weight excluding hydrogens is 189 g/mol. The third kappa shape index (κ3) is 2.25. The molecule has 0 unspecified atom stereocenters. The van der Waals surface area contributed by atoms with E-state index in [1.165, 1.54) is 0 Å². The zero-order chi connectivity index (χ0) is 10.7. The van der Waals surface area contributed by atoms with Crippen LogP contribution in [0.1, 0.15) is 5.69 Å². The summed E-state index contributed by atoms with van der Waals surface area (Å²) in [6.45, 7) is 0.491. The zero-order valence-electron chi connectivity index (χ0n) is 8.42. The second-order valence-electron chi connectivity index (χ2n) is 3.11. The van der Waals surface area contributed by atoms with Gasteiger partial charge in [0.1, 0.15) is 7.85 Å². The van der Waals surface area contributed by atoms with E-state index in [1.807, 2.05) is 18.2 Å². The van der Waals surface area contributed by atoms with E-state index >= 15 is 0 Å². The first-order chi connectivity index (χ1) is 7.29. The summed E-state index contributed by atoms with van der Waals surface area (Å²) < 4.78 is 6.64. The molecule has 0 spiro atoms. The minimum atomic E-state index is 0.481. The van der Waals surface area contributed by atoms with Gasteiger partial charge in [-0.25, -0.2) is 9.67 Å². The quantitative estimate of drug-likeness (QED) is 0.663. The van der Waals surface area contributed by atoms with E-state index in [-0.39, 0.29) is 0 Å². The first-order valence-electron chi connectivity index (χ1n) is 4.56. The van der Waals surface area contributed by atoms with E-state index in [0.29, 0.717) is 12.2 Å². The predicted octanol–water partition coefficient (Wildman–Crippen LogP) is 0.207. The lowest BCUT2D eigenvalue weighted by atomic mass is 10.1. The molecule has 0 fully saturated rings. The fourth-order valence-electron chi connectivity index (χ4n) is 1.29. The minimum Gasteiger partial charge on any atom is -0.378 e. The predicted molar refractivity (Wildman–Crippen MR) is 57.5 cm³/mol. The Morgan fingerprint density at radius 3 is 2.93 bits per heavy atom. The molecule has 0 aliphatic heterocycles. The van der Waals surface area contributed by atoms with Crippen molar-refractivity contribution in [2.24, 2.45) is 0 Å². The number of hydrogen-bond acceptors (Lipinski definition) is 3. The zero-order valence-corrected chi connectivity index (χ0v) is 8.42. The number of aromatic nitrogens is 3. The molecule has 2 aromatic rings. The molecular formula is C10H10BN3O. The molecule has 0 atom stereocenters. The maximum atomic E-state index is 5.53. The fraction of sp³-hybridized carbons (Fsp3) is 0.200. The molecule has 15 heavy (non-hydrogen) atoms. The number of rotatable bonds is 3. The molecule has 0 aliphatic carbocycles. The molecule has 4 nitrogen and oxygen atoms in total. The largest absolute Gasteiger partial charge is 0.378 e. The summed E-state index contributed by atoms with van der Waals surface area (Å²) >= 11 is 0. The van der Waals surface area contributed by atoms with Gasteiger partial charge in [0.2, 0.25) is 0 Å². The average molecular weight is 199 g/mol. The van der Waals surface area contributed by atoms with Crippen LogP contribution >= 0.6 is 0 Å². The van der Waals surface area contributed by atoms with Crippen LogP contribution in [0.2, 0.25) is 0 Å². The topological polar surface area (TPSA) is 39.9 Å². The summed E-state index contributed by atoms with van der Waals surface area (Å²) in [7, 11) is 7.17. The fourth-order valence-corrected chi connectivity index (χ4v) is 1.29. The highest BCUT2D eigenvalue weighted by atomic mass is 16.5. The standard InChI is InChI=1S/C10H10BN3O/c1-15-7-8-3-2-4-10(12-8)14-6-5-9(11)13-14/h2-6H,7H2,1H3. The van der Waals surface area contributed by atoms with Crippen molar-refractivity contribution in [3.05, 3.63) is 36.2 Å². The highest BCUT2D eigenvalue weighted by Gasteiger charge is 2.00. The maximum Gasteiger partial charge on any atom is 0.153 e. The molecule has 2 rings (SSSR count). The van der Waals surface area contributed by atoms with E-state index in [2.05, 4.69) is 10.1 Å². The first kappa shape index (κ1) is 9.92. The van der Waals surface area contributed by atoms with Crippen LogP contribution in [0, 0.1) is 0 Å². The third-order valence-electron chi connectivity index (χ3n) is 1.93. The Kier molecular flexibility index (Phi) is 2.83. The van der Waals surface area contributed by atoms with Crippen LogP contribution in [0.25, 0.3) is 5.82 Å². The molecule has 2 radical (unpaired) electrons. The Balaban J connectivity index is 2.32. The van der Waals surface area contributed by atoms with E-state index in [0.717, 1.165) is 11.5 Å². The van der Waals surface area contributed by atoms with Gasteiger partial charge in [-0.15, -0.1) is 0 Å². The van der Waals surface area contributed by atoms with Crippen LogP contribution in [-0.2, 0) is 11.3 Å². The molecule has 0 N–H and O–H groups in total. The van der Waals surface area contributed by atoms with Crippen molar-refractivity contribution < 1.29 is 4.74 Å². The highest BCUT2D eigenvalue weighted by Crippen LogP contribution is 2.04. The van der Waals surface area contributed by atoms with Gasteiger partial charge in [-0.05, 0) is 18.2 Å². The second-order valence-corrected chi connectivity index (χ2v) is 3.11. The van der Waals surface area contributed by atoms with Gasteiger partial charge in [-0.1, -0.05) is 6.07 Å². The van der Waals surface area contributed by atoms with Crippen LogP contribution in [0.5, 0.6) is 0 Å².